The van der Waals surface area contributed by atoms with Crippen molar-refractivity contribution in [3.05, 3.63) is 66.1 Å². The molecule has 2 aromatic carbocycles. The van der Waals surface area contributed by atoms with Crippen LogP contribution in [0.5, 0.6) is 11.5 Å². The topological polar surface area (TPSA) is 73.6 Å². The summed E-state index contributed by atoms with van der Waals surface area (Å²) in [6, 6.07) is 15.3. The van der Waals surface area contributed by atoms with E-state index in [-0.39, 0.29) is 12.3 Å². The molecule has 6 heteroatoms. The van der Waals surface area contributed by atoms with Crippen molar-refractivity contribution in [2.75, 3.05) is 13.2 Å². The summed E-state index contributed by atoms with van der Waals surface area (Å²) in [5.74, 6) is 1.85. The number of carbonyl (C=O) groups excluding carboxylic acids is 1. The van der Waals surface area contributed by atoms with Gasteiger partial charge >= 0.3 is 0 Å². The third-order valence-electron chi connectivity index (χ3n) is 4.01. The van der Waals surface area contributed by atoms with E-state index in [4.69, 9.17) is 13.9 Å². The van der Waals surface area contributed by atoms with Gasteiger partial charge in [0.05, 0.1) is 12.1 Å². The summed E-state index contributed by atoms with van der Waals surface area (Å²) >= 11 is 0. The van der Waals surface area contributed by atoms with Crippen LogP contribution in [0.15, 0.2) is 59.2 Å². The molecule has 1 N–H and O–H groups in total. The first-order valence-electron chi connectivity index (χ1n) is 8.43. The van der Waals surface area contributed by atoms with Crippen LogP contribution >= 0.6 is 0 Å². The van der Waals surface area contributed by atoms with Crippen molar-refractivity contribution in [3.8, 4) is 23.0 Å². The van der Waals surface area contributed by atoms with Gasteiger partial charge in [-0.2, -0.15) is 0 Å². The average molecular weight is 350 g/mol. The zero-order valence-corrected chi connectivity index (χ0v) is 14.1. The molecule has 1 aromatic heterocycles. The Kier molecular flexibility index (Phi) is 4.55. The number of amides is 1. The number of benzene rings is 2. The van der Waals surface area contributed by atoms with Crippen LogP contribution in [-0.2, 0) is 17.8 Å². The number of aromatic nitrogens is 1. The summed E-state index contributed by atoms with van der Waals surface area (Å²) in [4.78, 5) is 16.5. The van der Waals surface area contributed by atoms with Gasteiger partial charge in [-0.1, -0.05) is 24.3 Å². The zero-order valence-electron chi connectivity index (χ0n) is 14.1. The Labute approximate surface area is 150 Å². The molecule has 3 aromatic rings. The van der Waals surface area contributed by atoms with E-state index >= 15 is 0 Å². The van der Waals surface area contributed by atoms with Gasteiger partial charge in [0.15, 0.2) is 11.5 Å². The van der Waals surface area contributed by atoms with E-state index in [2.05, 4.69) is 10.3 Å². The molecule has 0 saturated carbocycles. The van der Waals surface area contributed by atoms with Gasteiger partial charge in [0.1, 0.15) is 19.5 Å². The van der Waals surface area contributed by atoms with Gasteiger partial charge in [0.2, 0.25) is 11.8 Å². The Bertz CT molecular complexity index is 905. The fraction of sp³-hybridized carbons (Fsp3) is 0.200. The Hall–Kier alpha value is -3.28. The smallest absolute Gasteiger partial charge is 0.226 e. The number of nitrogens with zero attached hydrogens (tertiary/aromatic N) is 1. The fourth-order valence-corrected chi connectivity index (χ4v) is 2.73. The third kappa shape index (κ3) is 3.69. The monoisotopic (exact) mass is 350 g/mol. The van der Waals surface area contributed by atoms with Gasteiger partial charge in [0, 0.05) is 12.1 Å². The van der Waals surface area contributed by atoms with Gasteiger partial charge in [-0.05, 0) is 29.8 Å². The largest absolute Gasteiger partial charge is 0.486 e. The lowest BCUT2D eigenvalue weighted by atomic mass is 10.2. The van der Waals surface area contributed by atoms with Crippen molar-refractivity contribution in [3.63, 3.8) is 0 Å². The van der Waals surface area contributed by atoms with Crippen LogP contribution < -0.4 is 14.8 Å². The minimum absolute atomic E-state index is 0.118. The molecule has 1 aliphatic rings. The predicted octanol–water partition coefficient (Wildman–Crippen LogP) is 2.97. The van der Waals surface area contributed by atoms with Crippen LogP contribution in [0.4, 0.5) is 0 Å². The molecule has 0 bridgehead atoms. The van der Waals surface area contributed by atoms with E-state index in [1.54, 1.807) is 0 Å². The number of ether oxygens (including phenoxy) is 2. The van der Waals surface area contributed by atoms with E-state index in [0.717, 1.165) is 16.9 Å². The first-order chi connectivity index (χ1) is 12.8. The molecule has 26 heavy (non-hydrogen) atoms. The number of hydrogen-bond acceptors (Lipinski definition) is 5. The molecule has 6 nitrogen and oxygen atoms in total. The van der Waals surface area contributed by atoms with E-state index in [1.165, 1.54) is 6.26 Å². The summed E-state index contributed by atoms with van der Waals surface area (Å²) in [6.45, 7) is 1.52. The highest BCUT2D eigenvalue weighted by molar-refractivity contribution is 5.78. The Morgan fingerprint density at radius 1 is 1.04 bits per heavy atom. The number of carbonyl (C=O) groups is 1. The molecule has 0 aliphatic carbocycles. The number of nitrogens with one attached hydrogen (secondary N) is 1. The van der Waals surface area contributed by atoms with Crippen molar-refractivity contribution >= 4 is 5.91 Å². The first kappa shape index (κ1) is 16.2. The molecule has 0 unspecified atom stereocenters. The van der Waals surface area contributed by atoms with Gasteiger partial charge in [0.25, 0.3) is 0 Å². The van der Waals surface area contributed by atoms with Crippen molar-refractivity contribution < 1.29 is 18.7 Å². The number of rotatable bonds is 5. The van der Waals surface area contributed by atoms with Crippen LogP contribution in [0, 0.1) is 0 Å². The molecule has 0 spiro atoms. The van der Waals surface area contributed by atoms with Crippen molar-refractivity contribution in [1.82, 2.24) is 10.3 Å². The van der Waals surface area contributed by atoms with Crippen LogP contribution in [0.2, 0.25) is 0 Å². The minimum Gasteiger partial charge on any atom is -0.486 e. The second-order valence-electron chi connectivity index (χ2n) is 5.94. The maximum Gasteiger partial charge on any atom is 0.226 e. The fourth-order valence-electron chi connectivity index (χ4n) is 2.73. The van der Waals surface area contributed by atoms with Crippen LogP contribution in [0.1, 0.15) is 11.3 Å². The molecule has 0 saturated heterocycles. The lowest BCUT2D eigenvalue weighted by Gasteiger charge is -2.18. The zero-order chi connectivity index (χ0) is 17.8. The average Bonchev–Trinajstić information content (AvgIpc) is 3.15. The standard InChI is InChI=1S/C20H18N2O4/c23-19(11-16-13-26-20(22-16)15-4-2-1-3-5-15)21-12-14-6-7-17-18(10-14)25-9-8-24-17/h1-7,10,13H,8-9,11-12H2,(H,21,23). The van der Waals surface area contributed by atoms with Crippen LogP contribution in [0.3, 0.4) is 0 Å². The highest BCUT2D eigenvalue weighted by Crippen LogP contribution is 2.30. The second kappa shape index (κ2) is 7.31. The molecule has 0 atom stereocenters. The summed E-state index contributed by atoms with van der Waals surface area (Å²) < 4.78 is 16.5. The summed E-state index contributed by atoms with van der Waals surface area (Å²) in [7, 11) is 0. The molecular formula is C20H18N2O4. The van der Waals surface area contributed by atoms with Gasteiger partial charge in [-0.25, -0.2) is 4.98 Å². The van der Waals surface area contributed by atoms with E-state index in [1.807, 2.05) is 48.5 Å². The lowest BCUT2D eigenvalue weighted by Crippen LogP contribution is -2.24. The number of fused-ring (bicyclic) bond motifs is 1. The lowest BCUT2D eigenvalue weighted by molar-refractivity contribution is -0.120. The van der Waals surface area contributed by atoms with Crippen LogP contribution in [-0.4, -0.2) is 24.1 Å². The molecule has 132 valence electrons. The Morgan fingerprint density at radius 3 is 2.69 bits per heavy atom. The molecule has 1 aliphatic heterocycles. The third-order valence-corrected chi connectivity index (χ3v) is 4.01. The predicted molar refractivity (Wildman–Crippen MR) is 94.9 cm³/mol. The number of oxazole rings is 1. The van der Waals surface area contributed by atoms with Crippen molar-refractivity contribution in [1.29, 1.82) is 0 Å². The number of hydrogen-bond donors (Lipinski definition) is 1. The Balaban J connectivity index is 1.34. The SMILES string of the molecule is O=C(Cc1coc(-c2ccccc2)n1)NCc1ccc2c(c1)OCCO2. The highest BCUT2D eigenvalue weighted by atomic mass is 16.6. The molecule has 4 rings (SSSR count). The summed E-state index contributed by atoms with van der Waals surface area (Å²) in [5, 5.41) is 2.89. The minimum atomic E-state index is -0.118. The van der Waals surface area contributed by atoms with E-state index in [9.17, 15) is 4.79 Å². The maximum atomic E-state index is 12.2. The summed E-state index contributed by atoms with van der Waals surface area (Å²) in [6.07, 6.45) is 1.69. The van der Waals surface area contributed by atoms with Crippen molar-refractivity contribution in [2.45, 2.75) is 13.0 Å². The molecule has 1 amide bonds. The van der Waals surface area contributed by atoms with E-state index < -0.39 is 0 Å². The van der Waals surface area contributed by atoms with E-state index in [0.29, 0.717) is 37.1 Å². The van der Waals surface area contributed by atoms with Gasteiger partial charge in [-0.3, -0.25) is 4.79 Å². The molecule has 2 heterocycles. The molecule has 0 fully saturated rings. The van der Waals surface area contributed by atoms with Gasteiger partial charge < -0.3 is 19.2 Å². The quantitative estimate of drug-likeness (QED) is 0.766. The second-order valence-corrected chi connectivity index (χ2v) is 5.94. The first-order valence-corrected chi connectivity index (χ1v) is 8.43. The molecular weight excluding hydrogens is 332 g/mol. The summed E-state index contributed by atoms with van der Waals surface area (Å²) in [5.41, 5.74) is 2.44. The normalized spacial score (nSPS) is 12.6. The van der Waals surface area contributed by atoms with Crippen molar-refractivity contribution in [2.24, 2.45) is 0 Å². The maximum absolute atomic E-state index is 12.2. The van der Waals surface area contributed by atoms with Gasteiger partial charge in [-0.15, -0.1) is 0 Å². The Morgan fingerprint density at radius 2 is 1.85 bits per heavy atom. The molecule has 0 radical (unpaired) electrons. The highest BCUT2D eigenvalue weighted by Gasteiger charge is 2.13. The van der Waals surface area contributed by atoms with Crippen LogP contribution in [0.25, 0.3) is 11.5 Å².